The van der Waals surface area contributed by atoms with Gasteiger partial charge in [0.2, 0.25) is 5.43 Å². The molecule has 9 nitrogen and oxygen atoms in total. The van der Waals surface area contributed by atoms with Crippen LogP contribution >= 0.6 is 0 Å². The second kappa shape index (κ2) is 10.7. The van der Waals surface area contributed by atoms with Crippen molar-refractivity contribution in [1.29, 1.82) is 0 Å². The first-order valence-corrected chi connectivity index (χ1v) is 13.9. The molecule has 3 aliphatic rings. The molecule has 2 amide bonds. The molecule has 11 heteroatoms. The van der Waals surface area contributed by atoms with Gasteiger partial charge in [0, 0.05) is 43.4 Å². The Kier molecular flexibility index (Phi) is 7.04. The number of fused-ring (bicyclic) bond motifs is 5. The number of carbonyl (C=O) groups excluding carboxylic acids is 2. The zero-order valence-electron chi connectivity index (χ0n) is 23.2. The van der Waals surface area contributed by atoms with E-state index in [2.05, 4.69) is 10.5 Å². The van der Waals surface area contributed by atoms with Crippen molar-refractivity contribution in [3.8, 4) is 5.75 Å². The number of rotatable bonds is 6. The summed E-state index contributed by atoms with van der Waals surface area (Å²) in [6.45, 7) is 3.86. The summed E-state index contributed by atoms with van der Waals surface area (Å²) < 4.78 is 35.3. The summed E-state index contributed by atoms with van der Waals surface area (Å²) in [4.78, 5) is 49.1. The number of nitrogens with one attached hydrogen (secondary N) is 1. The quantitative estimate of drug-likeness (QED) is 0.470. The molecule has 0 radical (unpaired) electrons. The van der Waals surface area contributed by atoms with Gasteiger partial charge in [-0.1, -0.05) is 41.6 Å². The van der Waals surface area contributed by atoms with Gasteiger partial charge in [0.1, 0.15) is 23.8 Å². The summed E-state index contributed by atoms with van der Waals surface area (Å²) >= 11 is 0. The lowest BCUT2D eigenvalue weighted by Crippen LogP contribution is -2.52. The predicted molar refractivity (Wildman–Crippen MR) is 149 cm³/mol. The smallest absolute Gasteiger partial charge is 0.274 e. The van der Waals surface area contributed by atoms with Crippen LogP contribution in [-0.4, -0.2) is 45.2 Å². The number of carbonyl (C=O) groups is 2. The number of halogens is 2. The maximum absolute atomic E-state index is 14.2. The van der Waals surface area contributed by atoms with E-state index in [0.29, 0.717) is 25.8 Å². The lowest BCUT2D eigenvalue weighted by Gasteiger charge is -2.42. The summed E-state index contributed by atoms with van der Waals surface area (Å²) in [5.41, 5.74) is -0.119. The molecule has 1 N–H and O–H groups in total. The number of hydrogen-bond acceptors (Lipinski definition) is 6. The van der Waals surface area contributed by atoms with Crippen molar-refractivity contribution in [3.63, 3.8) is 0 Å². The van der Waals surface area contributed by atoms with E-state index in [4.69, 9.17) is 9.57 Å². The molecule has 3 aromatic rings. The molecule has 1 saturated heterocycles. The Bertz CT molecular complexity index is 1660. The van der Waals surface area contributed by atoms with Gasteiger partial charge in [-0.05, 0) is 38.3 Å². The number of benzene rings is 2. The third kappa shape index (κ3) is 4.82. The highest BCUT2D eigenvalue weighted by molar-refractivity contribution is 5.99. The first-order valence-electron chi connectivity index (χ1n) is 13.9. The molecule has 1 fully saturated rings. The van der Waals surface area contributed by atoms with Crippen molar-refractivity contribution in [2.75, 3.05) is 6.54 Å². The van der Waals surface area contributed by atoms with Crippen LogP contribution in [0.4, 0.5) is 8.78 Å². The summed E-state index contributed by atoms with van der Waals surface area (Å²) in [6, 6.07) is 11.6. The van der Waals surface area contributed by atoms with Crippen LogP contribution in [0.1, 0.15) is 71.1 Å². The van der Waals surface area contributed by atoms with E-state index in [0.717, 1.165) is 23.4 Å². The third-order valence-electron chi connectivity index (χ3n) is 8.35. The Hall–Kier alpha value is -4.54. The fourth-order valence-corrected chi connectivity index (χ4v) is 6.07. The molecular weight excluding hydrogens is 546 g/mol. The molecule has 42 heavy (non-hydrogen) atoms. The van der Waals surface area contributed by atoms with E-state index in [9.17, 15) is 23.2 Å². The standard InChI is InChI=1S/C31H30F2N4O5/c1-18-13-31(42-35-18)11-10-19(2)36-16-25(31)37-15-23(29(39)34-14-21-8-9-22(32)12-24(21)33)27(38)28(26(37)30(36)40)41-17-20-6-4-3-5-7-20/h3-9,12,15,19,25H,10-11,13-14,16-17H2,1-2H3,(H,34,39). The second-order valence-electron chi connectivity index (χ2n) is 11.2. The Morgan fingerprint density at radius 1 is 1.19 bits per heavy atom. The fourth-order valence-electron chi connectivity index (χ4n) is 6.07. The Labute approximate surface area is 240 Å². The van der Waals surface area contributed by atoms with Crippen LogP contribution in [0.2, 0.25) is 0 Å². The summed E-state index contributed by atoms with van der Waals surface area (Å²) in [7, 11) is 0. The lowest BCUT2D eigenvalue weighted by atomic mass is 9.84. The van der Waals surface area contributed by atoms with Gasteiger partial charge >= 0.3 is 0 Å². The first kappa shape index (κ1) is 27.6. The molecule has 2 aromatic carbocycles. The number of ether oxygens (including phenoxy) is 1. The van der Waals surface area contributed by atoms with Crippen LogP contribution in [0.3, 0.4) is 0 Å². The van der Waals surface area contributed by atoms with Gasteiger partial charge < -0.3 is 24.4 Å². The molecule has 1 spiro atoms. The average Bonchev–Trinajstić information content (AvgIpc) is 3.31. The third-order valence-corrected chi connectivity index (χ3v) is 8.35. The zero-order chi connectivity index (χ0) is 29.6. The van der Waals surface area contributed by atoms with E-state index in [1.807, 2.05) is 44.2 Å². The van der Waals surface area contributed by atoms with E-state index in [1.165, 1.54) is 12.3 Å². The Balaban J connectivity index is 1.45. The van der Waals surface area contributed by atoms with Gasteiger partial charge in [0.25, 0.3) is 11.8 Å². The van der Waals surface area contributed by atoms with E-state index < -0.39 is 34.6 Å². The lowest BCUT2D eigenvalue weighted by molar-refractivity contribution is -0.0656. The van der Waals surface area contributed by atoms with Crippen molar-refractivity contribution in [1.82, 2.24) is 14.8 Å². The van der Waals surface area contributed by atoms with Gasteiger partial charge in [-0.2, -0.15) is 0 Å². The zero-order valence-corrected chi connectivity index (χ0v) is 23.2. The summed E-state index contributed by atoms with van der Waals surface area (Å²) in [5, 5.41) is 6.79. The topological polar surface area (TPSA) is 102 Å². The van der Waals surface area contributed by atoms with E-state index in [1.54, 1.807) is 9.47 Å². The molecule has 0 saturated carbocycles. The molecule has 6 rings (SSSR count). The normalized spacial score (nSPS) is 22.7. The highest BCUT2D eigenvalue weighted by atomic mass is 19.1. The SMILES string of the molecule is CC1=NOC2(CCC(C)N3CC2n2cc(C(=O)NCc4ccc(F)cc4F)c(=O)c(OCc4ccccc4)c2C3=O)C1. The van der Waals surface area contributed by atoms with Crippen LogP contribution in [-0.2, 0) is 18.0 Å². The maximum atomic E-state index is 14.2. The molecule has 218 valence electrons. The number of amides is 2. The van der Waals surface area contributed by atoms with Gasteiger partial charge in [0.05, 0.1) is 11.8 Å². The minimum atomic E-state index is -0.821. The van der Waals surface area contributed by atoms with Crippen LogP contribution in [0, 0.1) is 11.6 Å². The van der Waals surface area contributed by atoms with E-state index in [-0.39, 0.29) is 47.7 Å². The Morgan fingerprint density at radius 3 is 2.69 bits per heavy atom. The van der Waals surface area contributed by atoms with Crippen LogP contribution < -0.4 is 15.5 Å². The van der Waals surface area contributed by atoms with Crippen LogP contribution in [0.5, 0.6) is 5.75 Å². The molecule has 3 atom stereocenters. The largest absolute Gasteiger partial charge is 0.483 e. The van der Waals surface area contributed by atoms with Crippen molar-refractivity contribution in [2.45, 2.75) is 63.9 Å². The molecular formula is C31H30F2N4O5. The molecule has 4 heterocycles. The Morgan fingerprint density at radius 2 is 1.98 bits per heavy atom. The number of aromatic nitrogens is 1. The summed E-state index contributed by atoms with van der Waals surface area (Å²) in [6.07, 6.45) is 3.18. The monoisotopic (exact) mass is 576 g/mol. The number of hydrogen-bond donors (Lipinski definition) is 1. The minimum Gasteiger partial charge on any atom is -0.483 e. The van der Waals surface area contributed by atoms with E-state index >= 15 is 0 Å². The fraction of sp³-hybridized carbons (Fsp3) is 0.355. The molecule has 1 aromatic heterocycles. The number of oxime groups is 1. The van der Waals surface area contributed by atoms with Crippen LogP contribution in [0.25, 0.3) is 0 Å². The van der Waals surface area contributed by atoms with Crippen molar-refractivity contribution in [3.05, 3.63) is 99.0 Å². The van der Waals surface area contributed by atoms with Gasteiger partial charge in [0.15, 0.2) is 17.0 Å². The number of nitrogens with zero attached hydrogens (tertiary/aromatic N) is 3. The molecule has 2 bridgehead atoms. The summed E-state index contributed by atoms with van der Waals surface area (Å²) in [5.74, 6) is -2.95. The second-order valence-corrected chi connectivity index (χ2v) is 11.2. The highest BCUT2D eigenvalue weighted by Gasteiger charge is 2.53. The van der Waals surface area contributed by atoms with Gasteiger partial charge in [-0.25, -0.2) is 8.78 Å². The van der Waals surface area contributed by atoms with Crippen molar-refractivity contribution < 1.29 is 27.9 Å². The van der Waals surface area contributed by atoms with Crippen molar-refractivity contribution in [2.24, 2.45) is 5.16 Å². The van der Waals surface area contributed by atoms with Gasteiger partial charge in [-0.15, -0.1) is 0 Å². The first-order chi connectivity index (χ1) is 20.2. The predicted octanol–water partition coefficient (Wildman–Crippen LogP) is 4.35. The molecule has 3 unspecified atom stereocenters. The highest BCUT2D eigenvalue weighted by Crippen LogP contribution is 2.46. The maximum Gasteiger partial charge on any atom is 0.274 e. The van der Waals surface area contributed by atoms with Crippen LogP contribution in [0.15, 0.2) is 64.7 Å². The minimum absolute atomic E-state index is 0.00763. The molecule has 0 aliphatic carbocycles. The number of pyridine rings is 1. The van der Waals surface area contributed by atoms with Gasteiger partial charge in [-0.3, -0.25) is 14.4 Å². The average molecular weight is 577 g/mol. The molecule has 3 aliphatic heterocycles. The van der Waals surface area contributed by atoms with Crippen molar-refractivity contribution >= 4 is 17.5 Å².